The van der Waals surface area contributed by atoms with Crippen molar-refractivity contribution in [1.29, 1.82) is 0 Å². The first-order chi connectivity index (χ1) is 12.2. The molecule has 2 saturated heterocycles. The van der Waals surface area contributed by atoms with Crippen LogP contribution in [0.3, 0.4) is 0 Å². The van der Waals surface area contributed by atoms with E-state index in [0.717, 1.165) is 19.3 Å². The van der Waals surface area contributed by atoms with Gasteiger partial charge in [0.2, 0.25) is 5.91 Å². The molecule has 2 aliphatic heterocycles. The largest absolute Gasteiger partial charge is 0.339 e. The van der Waals surface area contributed by atoms with Crippen molar-refractivity contribution in [3.63, 3.8) is 0 Å². The van der Waals surface area contributed by atoms with E-state index in [4.69, 9.17) is 0 Å². The average Bonchev–Trinajstić information content (AvgIpc) is 3.15. The number of nitrogens with zero attached hydrogens (tertiary/aromatic N) is 4. The number of rotatable bonds is 2. The molecule has 0 radical (unpaired) electrons. The molecule has 1 aromatic rings. The van der Waals surface area contributed by atoms with Crippen LogP contribution < -0.4 is 16.4 Å². The average molecular weight is 345 g/mol. The molecule has 3 aliphatic rings. The monoisotopic (exact) mass is 345 g/mol. The van der Waals surface area contributed by atoms with Crippen LogP contribution in [0.1, 0.15) is 29.8 Å². The topological polar surface area (TPSA) is 102 Å². The van der Waals surface area contributed by atoms with Crippen LogP contribution in [0.25, 0.3) is 0 Å². The van der Waals surface area contributed by atoms with Gasteiger partial charge in [0, 0.05) is 56.6 Å². The molecule has 3 atom stereocenters. The number of hydrogen-bond donors (Lipinski definition) is 3. The summed E-state index contributed by atoms with van der Waals surface area (Å²) in [6.45, 7) is 2.25. The van der Waals surface area contributed by atoms with Gasteiger partial charge in [0.1, 0.15) is 5.69 Å². The summed E-state index contributed by atoms with van der Waals surface area (Å²) in [6, 6.07) is 0.715. The highest BCUT2D eigenvalue weighted by atomic mass is 16.2. The fraction of sp³-hybridized carbons (Fsp3) is 0.625. The number of carbonyl (C=O) groups is 2. The summed E-state index contributed by atoms with van der Waals surface area (Å²) in [5.74, 6) is 0.171. The van der Waals surface area contributed by atoms with Gasteiger partial charge in [-0.05, 0) is 19.3 Å². The van der Waals surface area contributed by atoms with Gasteiger partial charge in [-0.25, -0.2) is 15.8 Å². The maximum atomic E-state index is 12.8. The second kappa shape index (κ2) is 7.03. The number of carbonyl (C=O) groups excluding carboxylic acids is 2. The lowest BCUT2D eigenvalue weighted by Gasteiger charge is -2.38. The van der Waals surface area contributed by atoms with Gasteiger partial charge in [-0.2, -0.15) is 5.53 Å². The standard InChI is InChI=1S/C16H23N7O2/c24-15(11-1-2-12-13(9-11)20-21-19-12)22-5-7-23(8-6-22)16(25)14-10-17-3-4-18-14/h3-4,10-13,19-21H,1-2,5-9H2. The molecule has 1 aromatic heterocycles. The number of nitrogens with one attached hydrogen (secondary N) is 3. The minimum atomic E-state index is -0.118. The fourth-order valence-corrected chi connectivity index (χ4v) is 3.91. The van der Waals surface area contributed by atoms with Crippen LogP contribution in [0.4, 0.5) is 0 Å². The Kier molecular flexibility index (Phi) is 4.60. The predicted molar refractivity (Wildman–Crippen MR) is 88.8 cm³/mol. The summed E-state index contributed by atoms with van der Waals surface area (Å²) < 4.78 is 0. The number of aromatic nitrogens is 2. The lowest BCUT2D eigenvalue weighted by Crippen LogP contribution is -2.53. The molecule has 2 amide bonds. The van der Waals surface area contributed by atoms with E-state index in [-0.39, 0.29) is 17.7 Å². The molecule has 3 unspecified atom stereocenters. The highest BCUT2D eigenvalue weighted by Crippen LogP contribution is 2.27. The Labute approximate surface area is 146 Å². The van der Waals surface area contributed by atoms with E-state index < -0.39 is 0 Å². The number of hydrazine groups is 2. The Morgan fingerprint density at radius 2 is 1.76 bits per heavy atom. The van der Waals surface area contributed by atoms with Crippen LogP contribution >= 0.6 is 0 Å². The molecular formula is C16H23N7O2. The summed E-state index contributed by atoms with van der Waals surface area (Å²) in [6.07, 6.45) is 7.30. The van der Waals surface area contributed by atoms with Gasteiger partial charge < -0.3 is 9.80 Å². The van der Waals surface area contributed by atoms with Crippen molar-refractivity contribution in [3.05, 3.63) is 24.3 Å². The molecule has 4 rings (SSSR count). The molecule has 1 saturated carbocycles. The lowest BCUT2D eigenvalue weighted by atomic mass is 9.82. The fourth-order valence-electron chi connectivity index (χ4n) is 3.91. The number of hydrogen-bond acceptors (Lipinski definition) is 7. The van der Waals surface area contributed by atoms with Crippen molar-refractivity contribution < 1.29 is 9.59 Å². The molecule has 9 heteroatoms. The van der Waals surface area contributed by atoms with Gasteiger partial charge in [0.15, 0.2) is 0 Å². The zero-order chi connectivity index (χ0) is 17.2. The van der Waals surface area contributed by atoms with Crippen molar-refractivity contribution in [2.75, 3.05) is 26.2 Å². The van der Waals surface area contributed by atoms with Crippen LogP contribution in [-0.4, -0.2) is 69.8 Å². The van der Waals surface area contributed by atoms with Gasteiger partial charge in [0.25, 0.3) is 5.91 Å². The van der Waals surface area contributed by atoms with E-state index in [1.807, 2.05) is 4.90 Å². The maximum Gasteiger partial charge on any atom is 0.274 e. The first-order valence-corrected chi connectivity index (χ1v) is 8.82. The highest BCUT2D eigenvalue weighted by Gasteiger charge is 2.38. The molecule has 1 aliphatic carbocycles. The maximum absolute atomic E-state index is 12.8. The Morgan fingerprint density at radius 3 is 2.52 bits per heavy atom. The predicted octanol–water partition coefficient (Wildman–Crippen LogP) is -1.09. The molecule has 25 heavy (non-hydrogen) atoms. The number of amides is 2. The molecule has 3 fully saturated rings. The smallest absolute Gasteiger partial charge is 0.274 e. The Balaban J connectivity index is 1.31. The zero-order valence-electron chi connectivity index (χ0n) is 14.0. The highest BCUT2D eigenvalue weighted by molar-refractivity contribution is 5.92. The van der Waals surface area contributed by atoms with E-state index in [9.17, 15) is 9.59 Å². The third-order valence-corrected chi connectivity index (χ3v) is 5.38. The van der Waals surface area contributed by atoms with Crippen LogP contribution in [-0.2, 0) is 4.79 Å². The van der Waals surface area contributed by atoms with Crippen LogP contribution in [0, 0.1) is 5.92 Å². The van der Waals surface area contributed by atoms with Crippen LogP contribution in [0.15, 0.2) is 18.6 Å². The molecule has 3 N–H and O–H groups in total. The van der Waals surface area contributed by atoms with Crippen molar-refractivity contribution in [2.24, 2.45) is 5.92 Å². The summed E-state index contributed by atoms with van der Waals surface area (Å²) in [4.78, 5) is 36.9. The van der Waals surface area contributed by atoms with Crippen molar-refractivity contribution in [1.82, 2.24) is 36.2 Å². The normalized spacial score (nSPS) is 29.4. The molecule has 134 valence electrons. The van der Waals surface area contributed by atoms with Gasteiger partial charge in [-0.15, -0.1) is 0 Å². The van der Waals surface area contributed by atoms with Crippen LogP contribution in [0.2, 0.25) is 0 Å². The minimum absolute atomic E-state index is 0.0673. The second-order valence-electron chi connectivity index (χ2n) is 6.84. The minimum Gasteiger partial charge on any atom is -0.339 e. The SMILES string of the molecule is O=C(c1cnccn1)N1CCN(C(=O)C2CCC3NNNC3C2)CC1. The Hall–Kier alpha value is -2.10. The van der Waals surface area contributed by atoms with Gasteiger partial charge in [-0.3, -0.25) is 14.6 Å². The van der Waals surface area contributed by atoms with E-state index >= 15 is 0 Å². The molecule has 9 nitrogen and oxygen atoms in total. The second-order valence-corrected chi connectivity index (χ2v) is 6.84. The lowest BCUT2D eigenvalue weighted by molar-refractivity contribution is -0.138. The summed E-state index contributed by atoms with van der Waals surface area (Å²) in [5, 5.41) is 0. The van der Waals surface area contributed by atoms with E-state index in [0.29, 0.717) is 44.0 Å². The molecule has 0 aromatic carbocycles. The van der Waals surface area contributed by atoms with Crippen molar-refractivity contribution in [2.45, 2.75) is 31.3 Å². The first kappa shape index (κ1) is 16.4. The first-order valence-electron chi connectivity index (χ1n) is 8.82. The molecule has 0 bridgehead atoms. The third-order valence-electron chi connectivity index (χ3n) is 5.38. The summed E-state index contributed by atoms with van der Waals surface area (Å²) in [5.41, 5.74) is 9.69. The van der Waals surface area contributed by atoms with Crippen LogP contribution in [0.5, 0.6) is 0 Å². The molecule has 0 spiro atoms. The van der Waals surface area contributed by atoms with Crippen molar-refractivity contribution >= 4 is 11.8 Å². The molecule has 3 heterocycles. The van der Waals surface area contributed by atoms with Gasteiger partial charge in [-0.1, -0.05) is 0 Å². The Bertz CT molecular complexity index is 633. The summed E-state index contributed by atoms with van der Waals surface area (Å²) >= 11 is 0. The Morgan fingerprint density at radius 1 is 1.00 bits per heavy atom. The molecular weight excluding hydrogens is 322 g/mol. The van der Waals surface area contributed by atoms with E-state index in [1.165, 1.54) is 12.4 Å². The van der Waals surface area contributed by atoms with E-state index in [2.05, 4.69) is 26.4 Å². The van der Waals surface area contributed by atoms with E-state index in [1.54, 1.807) is 11.1 Å². The van der Waals surface area contributed by atoms with Crippen molar-refractivity contribution in [3.8, 4) is 0 Å². The van der Waals surface area contributed by atoms with Gasteiger partial charge in [0.05, 0.1) is 6.20 Å². The number of fused-ring (bicyclic) bond motifs is 1. The summed E-state index contributed by atoms with van der Waals surface area (Å²) in [7, 11) is 0. The third kappa shape index (κ3) is 3.35. The quantitative estimate of drug-likeness (QED) is 0.626. The number of piperazine rings is 1. The zero-order valence-corrected chi connectivity index (χ0v) is 14.0. The van der Waals surface area contributed by atoms with Gasteiger partial charge >= 0.3 is 0 Å².